The van der Waals surface area contributed by atoms with Crippen LogP contribution >= 0.6 is 0 Å². The molecule has 0 fully saturated rings. The fourth-order valence-corrected chi connectivity index (χ4v) is 2.04. The summed E-state index contributed by atoms with van der Waals surface area (Å²) in [5.41, 5.74) is -1.36. The van der Waals surface area contributed by atoms with Crippen LogP contribution in [0.15, 0.2) is 24.3 Å². The van der Waals surface area contributed by atoms with Crippen molar-refractivity contribution in [1.82, 2.24) is 5.32 Å². The third-order valence-corrected chi connectivity index (χ3v) is 3.04. The summed E-state index contributed by atoms with van der Waals surface area (Å²) in [6, 6.07) is 3.41. The lowest BCUT2D eigenvalue weighted by molar-refractivity contribution is 0.363. The van der Waals surface area contributed by atoms with E-state index in [0.717, 1.165) is 6.07 Å². The summed E-state index contributed by atoms with van der Waals surface area (Å²) in [7, 11) is 1.22. The van der Waals surface area contributed by atoms with Gasteiger partial charge in [0.15, 0.2) is 23.3 Å². The zero-order valence-corrected chi connectivity index (χ0v) is 10.7. The summed E-state index contributed by atoms with van der Waals surface area (Å²) in [6.07, 6.45) is 0. The summed E-state index contributed by atoms with van der Waals surface area (Å²) in [5, 5.41) is 2.36. The van der Waals surface area contributed by atoms with Gasteiger partial charge in [0.25, 0.3) is 0 Å². The number of nitrogens with one attached hydrogen (secondary N) is 1. The van der Waals surface area contributed by atoms with E-state index < -0.39 is 46.5 Å². The first-order valence-corrected chi connectivity index (χ1v) is 5.83. The Hall–Kier alpha value is -2.02. The lowest BCUT2D eigenvalue weighted by Crippen LogP contribution is -2.23. The van der Waals surface area contributed by atoms with Gasteiger partial charge in [-0.3, -0.25) is 0 Å². The van der Waals surface area contributed by atoms with Crippen LogP contribution in [0.5, 0.6) is 0 Å². The van der Waals surface area contributed by atoms with Crippen LogP contribution in [-0.4, -0.2) is 7.05 Å². The van der Waals surface area contributed by atoms with Crippen molar-refractivity contribution in [3.8, 4) is 0 Å². The highest BCUT2D eigenvalue weighted by Gasteiger charge is 2.31. The highest BCUT2D eigenvalue weighted by Crippen LogP contribution is 2.32. The van der Waals surface area contributed by atoms with E-state index in [4.69, 9.17) is 0 Å². The Balaban J connectivity index is 2.73. The predicted octanol–water partition coefficient (Wildman–Crippen LogP) is 3.83. The van der Waals surface area contributed by atoms with Gasteiger partial charge in [0.2, 0.25) is 5.82 Å². The maximum absolute atomic E-state index is 13.8. The number of hydrogen-bond acceptors (Lipinski definition) is 1. The van der Waals surface area contributed by atoms with Crippen molar-refractivity contribution < 1.29 is 26.3 Å². The molecule has 0 aromatic heterocycles. The van der Waals surface area contributed by atoms with Gasteiger partial charge in [-0.25, -0.2) is 26.3 Å². The Morgan fingerprint density at radius 2 is 1.24 bits per heavy atom. The van der Waals surface area contributed by atoms with E-state index in [0.29, 0.717) is 0 Å². The normalized spacial score (nSPS) is 12.5. The van der Waals surface area contributed by atoms with E-state index in [1.807, 2.05) is 0 Å². The van der Waals surface area contributed by atoms with Crippen LogP contribution in [0.4, 0.5) is 26.3 Å². The molecule has 0 saturated carbocycles. The quantitative estimate of drug-likeness (QED) is 0.516. The fraction of sp³-hybridized carbons (Fsp3) is 0.143. The van der Waals surface area contributed by atoms with Gasteiger partial charge in [-0.15, -0.1) is 0 Å². The van der Waals surface area contributed by atoms with E-state index in [9.17, 15) is 26.3 Å². The highest BCUT2D eigenvalue weighted by molar-refractivity contribution is 5.36. The molecule has 1 nitrogen and oxygen atoms in total. The predicted molar refractivity (Wildman–Crippen MR) is 63.5 cm³/mol. The molecular weight excluding hydrogens is 296 g/mol. The average Bonchev–Trinajstić information content (AvgIpc) is 2.48. The van der Waals surface area contributed by atoms with Crippen LogP contribution in [0.2, 0.25) is 0 Å². The molecule has 0 aliphatic carbocycles. The molecule has 1 unspecified atom stereocenters. The first-order chi connectivity index (χ1) is 9.90. The molecule has 0 bridgehead atoms. The van der Waals surface area contributed by atoms with Crippen molar-refractivity contribution in [2.45, 2.75) is 6.04 Å². The van der Waals surface area contributed by atoms with E-state index in [1.54, 1.807) is 0 Å². The number of rotatable bonds is 3. The van der Waals surface area contributed by atoms with Crippen LogP contribution in [0.25, 0.3) is 0 Å². The zero-order valence-electron chi connectivity index (χ0n) is 10.7. The lowest BCUT2D eigenvalue weighted by atomic mass is 9.96. The van der Waals surface area contributed by atoms with Crippen LogP contribution in [-0.2, 0) is 0 Å². The summed E-state index contributed by atoms with van der Waals surface area (Å²) in [6.45, 7) is 0. The van der Waals surface area contributed by atoms with Gasteiger partial charge in [-0.1, -0.05) is 18.2 Å². The van der Waals surface area contributed by atoms with Crippen molar-refractivity contribution in [2.75, 3.05) is 7.05 Å². The molecular formula is C14H9F6N. The molecule has 0 heterocycles. The zero-order chi connectivity index (χ0) is 15.7. The lowest BCUT2D eigenvalue weighted by Gasteiger charge is -2.20. The fourth-order valence-electron chi connectivity index (χ4n) is 2.04. The Bertz CT molecular complexity index is 656. The topological polar surface area (TPSA) is 12.0 Å². The van der Waals surface area contributed by atoms with Gasteiger partial charge < -0.3 is 5.32 Å². The van der Waals surface area contributed by atoms with Gasteiger partial charge >= 0.3 is 0 Å². The molecule has 0 aliphatic heterocycles. The Morgan fingerprint density at radius 1 is 0.762 bits per heavy atom. The van der Waals surface area contributed by atoms with Crippen molar-refractivity contribution in [3.05, 3.63) is 70.3 Å². The highest BCUT2D eigenvalue weighted by atomic mass is 19.2. The molecule has 21 heavy (non-hydrogen) atoms. The Morgan fingerprint density at radius 3 is 1.71 bits per heavy atom. The molecule has 0 amide bonds. The van der Waals surface area contributed by atoms with E-state index in [2.05, 4.69) is 5.32 Å². The molecule has 2 aromatic rings. The third-order valence-electron chi connectivity index (χ3n) is 3.04. The maximum atomic E-state index is 13.8. The molecule has 7 heteroatoms. The summed E-state index contributed by atoms with van der Waals surface area (Å²) in [4.78, 5) is 0. The SMILES string of the molecule is CNC(c1ccccc1F)c1c(F)c(F)c(F)c(F)c1F. The Kier molecular flexibility index (Phi) is 4.22. The monoisotopic (exact) mass is 305 g/mol. The first-order valence-electron chi connectivity index (χ1n) is 5.83. The van der Waals surface area contributed by atoms with E-state index in [1.165, 1.54) is 25.2 Å². The average molecular weight is 305 g/mol. The standard InChI is InChI=1S/C14H9F6N/c1-21-14(6-4-2-3-5-7(6)15)8-9(16)11(18)13(20)12(19)10(8)17/h2-5,14,21H,1H3. The van der Waals surface area contributed by atoms with Crippen LogP contribution < -0.4 is 5.32 Å². The summed E-state index contributed by atoms with van der Waals surface area (Å²) in [5.74, 6) is -11.2. The van der Waals surface area contributed by atoms with Gasteiger partial charge in [0, 0.05) is 5.56 Å². The smallest absolute Gasteiger partial charge is 0.200 e. The number of benzene rings is 2. The van der Waals surface area contributed by atoms with Crippen LogP contribution in [0, 0.1) is 34.9 Å². The summed E-state index contributed by atoms with van der Waals surface area (Å²) >= 11 is 0. The second kappa shape index (κ2) is 5.77. The Labute approximate surface area is 116 Å². The second-order valence-electron chi connectivity index (χ2n) is 4.23. The summed E-state index contributed by atoms with van der Waals surface area (Å²) < 4.78 is 80.7. The number of halogens is 6. The minimum absolute atomic E-state index is 0.233. The maximum Gasteiger partial charge on any atom is 0.200 e. The van der Waals surface area contributed by atoms with Crippen molar-refractivity contribution in [2.24, 2.45) is 0 Å². The molecule has 0 saturated heterocycles. The van der Waals surface area contributed by atoms with Gasteiger partial charge in [-0.05, 0) is 13.1 Å². The minimum atomic E-state index is -2.25. The molecule has 1 atom stereocenters. The second-order valence-corrected chi connectivity index (χ2v) is 4.23. The first kappa shape index (κ1) is 15.4. The van der Waals surface area contributed by atoms with Crippen LogP contribution in [0.1, 0.15) is 17.2 Å². The van der Waals surface area contributed by atoms with Gasteiger partial charge in [0.05, 0.1) is 11.6 Å². The van der Waals surface area contributed by atoms with Gasteiger partial charge in [-0.2, -0.15) is 0 Å². The van der Waals surface area contributed by atoms with Crippen molar-refractivity contribution >= 4 is 0 Å². The van der Waals surface area contributed by atoms with Crippen molar-refractivity contribution in [3.63, 3.8) is 0 Å². The largest absolute Gasteiger partial charge is 0.309 e. The minimum Gasteiger partial charge on any atom is -0.309 e. The van der Waals surface area contributed by atoms with E-state index >= 15 is 0 Å². The number of hydrogen-bond donors (Lipinski definition) is 1. The van der Waals surface area contributed by atoms with Crippen molar-refractivity contribution in [1.29, 1.82) is 0 Å². The van der Waals surface area contributed by atoms with Gasteiger partial charge in [0.1, 0.15) is 5.82 Å². The molecule has 0 radical (unpaired) electrons. The molecule has 2 aromatic carbocycles. The van der Waals surface area contributed by atoms with E-state index in [-0.39, 0.29) is 5.56 Å². The molecule has 0 spiro atoms. The molecule has 0 aliphatic rings. The molecule has 112 valence electrons. The van der Waals surface area contributed by atoms with Crippen LogP contribution in [0.3, 0.4) is 0 Å². The molecule has 1 N–H and O–H groups in total. The molecule has 2 rings (SSSR count). The third kappa shape index (κ3) is 2.49.